The van der Waals surface area contributed by atoms with Gasteiger partial charge < -0.3 is 10.8 Å². The van der Waals surface area contributed by atoms with Crippen LogP contribution in [0.4, 0.5) is 5.69 Å². The summed E-state index contributed by atoms with van der Waals surface area (Å²) in [6.07, 6.45) is 0.923. The Bertz CT molecular complexity index is 366. The molecule has 1 aromatic carbocycles. The van der Waals surface area contributed by atoms with Gasteiger partial charge in [0.05, 0.1) is 0 Å². The highest BCUT2D eigenvalue weighted by atomic mass is 32.1. The van der Waals surface area contributed by atoms with Gasteiger partial charge in [-0.15, -0.1) is 12.6 Å². The van der Waals surface area contributed by atoms with Crippen molar-refractivity contribution in [1.29, 1.82) is 0 Å². The maximum absolute atomic E-state index is 10.5. The molecule has 1 unspecified atom stereocenters. The van der Waals surface area contributed by atoms with Gasteiger partial charge in [-0.05, 0) is 30.0 Å². The molecule has 3 nitrogen and oxygen atoms in total. The quantitative estimate of drug-likeness (QED) is 0.544. The molecule has 0 heterocycles. The van der Waals surface area contributed by atoms with E-state index in [2.05, 4.69) is 12.6 Å². The molecule has 0 radical (unpaired) electrons. The Balaban J connectivity index is 2.64. The lowest BCUT2D eigenvalue weighted by Gasteiger charge is -2.09. The number of carbonyl (C=O) groups is 1. The highest BCUT2D eigenvalue weighted by Crippen LogP contribution is 2.20. The van der Waals surface area contributed by atoms with Crippen LogP contribution in [-0.2, 0) is 11.2 Å². The van der Waals surface area contributed by atoms with Crippen molar-refractivity contribution in [1.82, 2.24) is 0 Å². The van der Waals surface area contributed by atoms with Crippen molar-refractivity contribution in [2.24, 2.45) is 5.92 Å². The Labute approximate surface area is 94.7 Å². The first-order chi connectivity index (χ1) is 6.99. The first-order valence-electron chi connectivity index (χ1n) is 4.78. The normalized spacial score (nSPS) is 12.4. The predicted molar refractivity (Wildman–Crippen MR) is 63.2 cm³/mol. The van der Waals surface area contributed by atoms with Crippen molar-refractivity contribution in [3.63, 3.8) is 0 Å². The molecule has 0 saturated heterocycles. The monoisotopic (exact) mass is 225 g/mol. The van der Waals surface area contributed by atoms with Gasteiger partial charge in [-0.25, -0.2) is 0 Å². The molecule has 4 heteroatoms. The second-order valence-corrected chi connectivity index (χ2v) is 4.28. The van der Waals surface area contributed by atoms with E-state index in [9.17, 15) is 4.79 Å². The van der Waals surface area contributed by atoms with E-state index in [4.69, 9.17) is 10.8 Å². The van der Waals surface area contributed by atoms with E-state index < -0.39 is 5.97 Å². The second kappa shape index (κ2) is 5.07. The summed E-state index contributed by atoms with van der Waals surface area (Å²) in [5.74, 6) is -0.636. The van der Waals surface area contributed by atoms with Gasteiger partial charge in [-0.2, -0.15) is 0 Å². The summed E-state index contributed by atoms with van der Waals surface area (Å²) in [7, 11) is 0. The number of carboxylic acids is 1. The summed E-state index contributed by atoms with van der Waals surface area (Å²) in [5.41, 5.74) is 7.35. The molecule has 1 atom stereocenters. The minimum atomic E-state index is -0.760. The van der Waals surface area contributed by atoms with Gasteiger partial charge in [0.15, 0.2) is 0 Å². The maximum atomic E-state index is 10.5. The predicted octanol–water partition coefficient (Wildman–Crippen LogP) is 2.21. The summed E-state index contributed by atoms with van der Waals surface area (Å²) in [6.45, 7) is 1.92. The molecule has 82 valence electrons. The smallest absolute Gasteiger partial charge is 0.303 e. The number of aliphatic carboxylic acids is 1. The van der Waals surface area contributed by atoms with Crippen LogP contribution in [0, 0.1) is 5.92 Å². The SMILES string of the molecule is CC(CC(=O)O)Cc1ccc(N)c(S)c1. The molecule has 0 aliphatic heterocycles. The van der Waals surface area contributed by atoms with Crippen LogP contribution >= 0.6 is 12.6 Å². The number of rotatable bonds is 4. The highest BCUT2D eigenvalue weighted by Gasteiger charge is 2.08. The molecular formula is C11H15NO2S. The zero-order chi connectivity index (χ0) is 11.4. The topological polar surface area (TPSA) is 63.3 Å². The van der Waals surface area contributed by atoms with Gasteiger partial charge in [0.1, 0.15) is 0 Å². The van der Waals surface area contributed by atoms with Crippen LogP contribution in [0.15, 0.2) is 23.1 Å². The molecule has 1 rings (SSSR count). The van der Waals surface area contributed by atoms with Crippen LogP contribution in [0.3, 0.4) is 0 Å². The lowest BCUT2D eigenvalue weighted by atomic mass is 9.98. The van der Waals surface area contributed by atoms with Crippen molar-refractivity contribution >= 4 is 24.3 Å². The zero-order valence-corrected chi connectivity index (χ0v) is 9.50. The van der Waals surface area contributed by atoms with E-state index in [1.54, 1.807) is 6.07 Å². The Kier molecular flexibility index (Phi) is 4.03. The van der Waals surface area contributed by atoms with Crippen molar-refractivity contribution in [3.8, 4) is 0 Å². The van der Waals surface area contributed by atoms with Crippen molar-refractivity contribution < 1.29 is 9.90 Å². The van der Waals surface area contributed by atoms with Crippen LogP contribution in [0.5, 0.6) is 0 Å². The van der Waals surface area contributed by atoms with E-state index in [1.165, 1.54) is 0 Å². The summed E-state index contributed by atoms with van der Waals surface area (Å²) >= 11 is 4.22. The van der Waals surface area contributed by atoms with E-state index in [-0.39, 0.29) is 12.3 Å². The van der Waals surface area contributed by atoms with E-state index in [0.29, 0.717) is 5.69 Å². The Morgan fingerprint density at radius 1 is 1.60 bits per heavy atom. The average Bonchev–Trinajstić information content (AvgIpc) is 2.10. The first-order valence-corrected chi connectivity index (χ1v) is 5.23. The fourth-order valence-corrected chi connectivity index (χ4v) is 1.73. The lowest BCUT2D eigenvalue weighted by Crippen LogP contribution is -2.07. The van der Waals surface area contributed by atoms with Crippen molar-refractivity contribution in [2.45, 2.75) is 24.7 Å². The summed E-state index contributed by atoms with van der Waals surface area (Å²) in [6, 6.07) is 5.59. The average molecular weight is 225 g/mol. The third-order valence-electron chi connectivity index (χ3n) is 2.20. The largest absolute Gasteiger partial charge is 0.481 e. The van der Waals surface area contributed by atoms with Crippen LogP contribution in [-0.4, -0.2) is 11.1 Å². The van der Waals surface area contributed by atoms with E-state index >= 15 is 0 Å². The number of thiol groups is 1. The van der Waals surface area contributed by atoms with Crippen molar-refractivity contribution in [3.05, 3.63) is 23.8 Å². The van der Waals surface area contributed by atoms with Crippen LogP contribution in [0.1, 0.15) is 18.9 Å². The Morgan fingerprint density at radius 3 is 2.80 bits per heavy atom. The number of hydrogen-bond donors (Lipinski definition) is 3. The van der Waals surface area contributed by atoms with Crippen molar-refractivity contribution in [2.75, 3.05) is 5.73 Å². The van der Waals surface area contributed by atoms with Crippen LogP contribution in [0.25, 0.3) is 0 Å². The Morgan fingerprint density at radius 2 is 2.27 bits per heavy atom. The molecule has 0 saturated carbocycles. The zero-order valence-electron chi connectivity index (χ0n) is 8.60. The number of nitrogen functional groups attached to an aromatic ring is 1. The minimum Gasteiger partial charge on any atom is -0.481 e. The molecule has 0 aromatic heterocycles. The molecule has 0 amide bonds. The molecule has 3 N–H and O–H groups in total. The number of anilines is 1. The number of benzene rings is 1. The number of hydrogen-bond acceptors (Lipinski definition) is 3. The highest BCUT2D eigenvalue weighted by molar-refractivity contribution is 7.80. The van der Waals surface area contributed by atoms with Crippen LogP contribution in [0.2, 0.25) is 0 Å². The standard InChI is InChI=1S/C11H15NO2S/c1-7(5-11(13)14)4-8-2-3-9(12)10(15)6-8/h2-3,6-7,15H,4-5,12H2,1H3,(H,13,14). The Hall–Kier alpha value is -1.16. The summed E-state index contributed by atoms with van der Waals surface area (Å²) in [5, 5.41) is 8.63. The summed E-state index contributed by atoms with van der Waals surface area (Å²) in [4.78, 5) is 11.2. The van der Waals surface area contributed by atoms with Gasteiger partial charge in [-0.1, -0.05) is 13.0 Å². The van der Waals surface area contributed by atoms with Gasteiger partial charge in [-0.3, -0.25) is 4.79 Å². The minimum absolute atomic E-state index is 0.124. The number of nitrogens with two attached hydrogens (primary N) is 1. The third kappa shape index (κ3) is 3.83. The fourth-order valence-electron chi connectivity index (χ4n) is 1.49. The molecule has 0 spiro atoms. The number of carboxylic acid groups (broad SMARTS) is 1. The lowest BCUT2D eigenvalue weighted by molar-refractivity contribution is -0.137. The van der Waals surface area contributed by atoms with Gasteiger partial charge in [0.2, 0.25) is 0 Å². The van der Waals surface area contributed by atoms with Gasteiger partial charge >= 0.3 is 5.97 Å². The molecule has 15 heavy (non-hydrogen) atoms. The molecule has 1 aromatic rings. The summed E-state index contributed by atoms with van der Waals surface area (Å²) < 4.78 is 0. The first kappa shape index (κ1) is 11.9. The molecular weight excluding hydrogens is 210 g/mol. The van der Waals surface area contributed by atoms with E-state index in [0.717, 1.165) is 16.9 Å². The van der Waals surface area contributed by atoms with Gasteiger partial charge in [0, 0.05) is 17.0 Å². The molecule has 0 fully saturated rings. The maximum Gasteiger partial charge on any atom is 0.303 e. The second-order valence-electron chi connectivity index (χ2n) is 3.80. The van der Waals surface area contributed by atoms with Crippen LogP contribution < -0.4 is 5.73 Å². The third-order valence-corrected chi connectivity index (χ3v) is 2.59. The fraction of sp³-hybridized carbons (Fsp3) is 0.364. The molecule has 0 aliphatic carbocycles. The van der Waals surface area contributed by atoms with Gasteiger partial charge in [0.25, 0.3) is 0 Å². The van der Waals surface area contributed by atoms with E-state index in [1.807, 2.05) is 19.1 Å². The molecule has 0 aliphatic rings. The molecule has 0 bridgehead atoms.